The van der Waals surface area contributed by atoms with Gasteiger partial charge in [-0.15, -0.1) is 11.6 Å². The monoisotopic (exact) mass is 228 g/mol. The van der Waals surface area contributed by atoms with E-state index in [1.807, 2.05) is 12.1 Å². The topological polar surface area (TPSA) is 32.8 Å². The number of ether oxygens (including phenoxy) is 1. The molecule has 1 aliphatic rings. The third-order valence-corrected chi connectivity index (χ3v) is 2.39. The molecule has 0 spiro atoms. The fourth-order valence-electron chi connectivity index (χ4n) is 1.11. The van der Waals surface area contributed by atoms with Crippen LogP contribution in [0.2, 0.25) is 0 Å². The molecule has 2 nitrogen and oxygen atoms in total. The van der Waals surface area contributed by atoms with Crippen LogP contribution in [0.1, 0.15) is 18.9 Å². The number of aryl methyl sites for hydroxylation is 1. The predicted molar refractivity (Wildman–Crippen MR) is 62.6 cm³/mol. The van der Waals surface area contributed by atoms with Gasteiger partial charge in [-0.05, 0) is 24.1 Å². The van der Waals surface area contributed by atoms with Crippen LogP contribution in [-0.2, 0) is 11.2 Å². The van der Waals surface area contributed by atoms with Crippen molar-refractivity contribution in [1.29, 1.82) is 0 Å². The number of hydrogen-bond acceptors (Lipinski definition) is 2. The Kier molecular flexibility index (Phi) is 5.51. The molecule has 15 heavy (non-hydrogen) atoms. The van der Waals surface area contributed by atoms with Gasteiger partial charge in [-0.1, -0.05) is 25.5 Å². The molecule has 1 atom stereocenters. The van der Waals surface area contributed by atoms with Gasteiger partial charge in [0.1, 0.15) is 5.75 Å². The van der Waals surface area contributed by atoms with Crippen molar-refractivity contribution in [2.45, 2.75) is 25.9 Å². The second-order valence-electron chi connectivity index (χ2n) is 3.53. The van der Waals surface area contributed by atoms with Crippen molar-refractivity contribution < 1.29 is 9.84 Å². The van der Waals surface area contributed by atoms with E-state index >= 15 is 0 Å². The van der Waals surface area contributed by atoms with Crippen LogP contribution in [0.4, 0.5) is 0 Å². The van der Waals surface area contributed by atoms with Crippen molar-refractivity contribution in [3.05, 3.63) is 29.8 Å². The molecule has 1 saturated heterocycles. The number of phenols is 1. The highest BCUT2D eigenvalue weighted by atomic mass is 35.5. The van der Waals surface area contributed by atoms with E-state index < -0.39 is 0 Å². The zero-order valence-electron chi connectivity index (χ0n) is 8.95. The summed E-state index contributed by atoms with van der Waals surface area (Å²) >= 11 is 5.27. The minimum atomic E-state index is 0.347. The molecule has 1 fully saturated rings. The first-order valence-corrected chi connectivity index (χ1v) is 5.75. The van der Waals surface area contributed by atoms with E-state index in [-0.39, 0.29) is 0 Å². The summed E-state index contributed by atoms with van der Waals surface area (Å²) in [5.41, 5.74) is 1.29. The van der Waals surface area contributed by atoms with Crippen molar-refractivity contribution in [3.8, 4) is 5.75 Å². The minimum Gasteiger partial charge on any atom is -0.508 e. The molecule has 0 aromatic heterocycles. The Bertz CT molecular complexity index is 267. The first-order chi connectivity index (χ1) is 7.26. The zero-order valence-corrected chi connectivity index (χ0v) is 9.70. The van der Waals surface area contributed by atoms with Crippen LogP contribution in [0, 0.1) is 0 Å². The normalized spacial score (nSPS) is 17.9. The van der Waals surface area contributed by atoms with Crippen LogP contribution >= 0.6 is 11.6 Å². The fraction of sp³-hybridized carbons (Fsp3) is 0.500. The second kappa shape index (κ2) is 6.70. The van der Waals surface area contributed by atoms with Crippen LogP contribution in [0.3, 0.4) is 0 Å². The van der Waals surface area contributed by atoms with E-state index in [9.17, 15) is 0 Å². The predicted octanol–water partition coefficient (Wildman–Crippen LogP) is 2.97. The van der Waals surface area contributed by atoms with Gasteiger partial charge < -0.3 is 9.84 Å². The van der Waals surface area contributed by atoms with Crippen LogP contribution in [0.15, 0.2) is 24.3 Å². The molecule has 0 amide bonds. The van der Waals surface area contributed by atoms with Crippen LogP contribution < -0.4 is 0 Å². The average molecular weight is 229 g/mol. The molecule has 1 unspecified atom stereocenters. The number of benzene rings is 1. The van der Waals surface area contributed by atoms with E-state index in [4.69, 9.17) is 21.4 Å². The van der Waals surface area contributed by atoms with Gasteiger partial charge in [0.2, 0.25) is 0 Å². The number of halogens is 1. The Balaban J connectivity index is 0.000000187. The zero-order chi connectivity index (χ0) is 11.1. The van der Waals surface area contributed by atoms with Crippen LogP contribution in [0.25, 0.3) is 0 Å². The molecule has 3 heteroatoms. The average Bonchev–Trinajstić information content (AvgIpc) is 3.06. The van der Waals surface area contributed by atoms with Gasteiger partial charge in [0.15, 0.2) is 0 Å². The lowest BCUT2D eigenvalue weighted by molar-refractivity contribution is 0.425. The van der Waals surface area contributed by atoms with Gasteiger partial charge in [-0.3, -0.25) is 0 Å². The number of hydrogen-bond donors (Lipinski definition) is 1. The third kappa shape index (κ3) is 5.65. The fourth-order valence-corrected chi connectivity index (χ4v) is 1.29. The van der Waals surface area contributed by atoms with E-state index in [2.05, 4.69) is 6.92 Å². The Labute approximate surface area is 95.8 Å². The third-order valence-electron chi connectivity index (χ3n) is 2.05. The van der Waals surface area contributed by atoms with Gasteiger partial charge in [0.05, 0.1) is 18.6 Å². The van der Waals surface area contributed by atoms with Crippen molar-refractivity contribution in [2.24, 2.45) is 0 Å². The molecule has 0 saturated carbocycles. The largest absolute Gasteiger partial charge is 0.508 e. The maximum Gasteiger partial charge on any atom is 0.115 e. The Morgan fingerprint density at radius 3 is 2.33 bits per heavy atom. The number of rotatable bonds is 3. The SMILES string of the molecule is CCCc1ccc(O)cc1.ClCC1CO1. The highest BCUT2D eigenvalue weighted by Gasteiger charge is 2.19. The van der Waals surface area contributed by atoms with Crippen LogP contribution in [0.5, 0.6) is 5.75 Å². The molecule has 1 aromatic rings. The molecule has 1 heterocycles. The summed E-state index contributed by atoms with van der Waals surface area (Å²) in [6.07, 6.45) is 2.65. The summed E-state index contributed by atoms with van der Waals surface area (Å²) < 4.78 is 4.73. The smallest absolute Gasteiger partial charge is 0.115 e. The standard InChI is InChI=1S/C9H12O.C3H5ClO/c1-2-3-8-4-6-9(10)7-5-8;4-1-3-2-5-3/h4-7,10H,2-3H2,1H3;3H,1-2H2. The first-order valence-electron chi connectivity index (χ1n) is 5.21. The number of aromatic hydroxyl groups is 1. The lowest BCUT2D eigenvalue weighted by Crippen LogP contribution is -1.80. The molecule has 1 N–H and O–H groups in total. The quantitative estimate of drug-likeness (QED) is 0.637. The van der Waals surface area contributed by atoms with E-state index in [1.54, 1.807) is 12.1 Å². The lowest BCUT2D eigenvalue weighted by Gasteiger charge is -1.96. The van der Waals surface area contributed by atoms with Crippen molar-refractivity contribution >= 4 is 11.6 Å². The van der Waals surface area contributed by atoms with E-state index in [0.29, 0.717) is 17.7 Å². The molecule has 1 aromatic carbocycles. The van der Waals surface area contributed by atoms with Crippen molar-refractivity contribution in [2.75, 3.05) is 12.5 Å². The molecular weight excluding hydrogens is 212 g/mol. The lowest BCUT2D eigenvalue weighted by atomic mass is 10.1. The molecular formula is C12H17ClO2. The second-order valence-corrected chi connectivity index (χ2v) is 3.83. The maximum atomic E-state index is 8.92. The Hall–Kier alpha value is -0.730. The maximum absolute atomic E-state index is 8.92. The molecule has 0 radical (unpaired) electrons. The molecule has 2 rings (SSSR count). The van der Waals surface area contributed by atoms with Crippen LogP contribution in [-0.4, -0.2) is 23.7 Å². The summed E-state index contributed by atoms with van der Waals surface area (Å²) in [6.45, 7) is 3.02. The highest BCUT2D eigenvalue weighted by molar-refractivity contribution is 6.18. The van der Waals surface area contributed by atoms with Gasteiger partial charge in [-0.2, -0.15) is 0 Å². The Morgan fingerprint density at radius 1 is 1.40 bits per heavy atom. The number of alkyl halides is 1. The van der Waals surface area contributed by atoms with E-state index in [1.165, 1.54) is 5.56 Å². The molecule has 0 bridgehead atoms. The summed E-state index contributed by atoms with van der Waals surface area (Å²) in [6, 6.07) is 7.37. The molecule has 1 aliphatic heterocycles. The van der Waals surface area contributed by atoms with Gasteiger partial charge >= 0.3 is 0 Å². The molecule has 0 aliphatic carbocycles. The summed E-state index contributed by atoms with van der Waals surface area (Å²) in [5, 5.41) is 8.92. The summed E-state index contributed by atoms with van der Waals surface area (Å²) in [5.74, 6) is 1.01. The number of phenolic OH excluding ortho intramolecular Hbond substituents is 1. The minimum absolute atomic E-state index is 0.347. The summed E-state index contributed by atoms with van der Waals surface area (Å²) in [4.78, 5) is 0. The van der Waals surface area contributed by atoms with Gasteiger partial charge in [-0.25, -0.2) is 0 Å². The highest BCUT2D eigenvalue weighted by Crippen LogP contribution is 2.10. The van der Waals surface area contributed by atoms with Crippen molar-refractivity contribution in [1.82, 2.24) is 0 Å². The van der Waals surface area contributed by atoms with E-state index in [0.717, 1.165) is 19.4 Å². The van der Waals surface area contributed by atoms with Crippen molar-refractivity contribution in [3.63, 3.8) is 0 Å². The molecule has 84 valence electrons. The Morgan fingerprint density at radius 2 is 2.00 bits per heavy atom. The number of epoxide rings is 1. The van der Waals surface area contributed by atoms with Gasteiger partial charge in [0, 0.05) is 0 Å². The summed E-state index contributed by atoms with van der Waals surface area (Å²) in [7, 11) is 0. The first kappa shape index (κ1) is 12.3. The van der Waals surface area contributed by atoms with Gasteiger partial charge in [0.25, 0.3) is 0 Å².